The average Bonchev–Trinajstić information content (AvgIpc) is 2.61. The Morgan fingerprint density at radius 3 is 2.64 bits per heavy atom. The van der Waals surface area contributed by atoms with Crippen LogP contribution in [0.15, 0.2) is 30.3 Å². The highest BCUT2D eigenvalue weighted by Gasteiger charge is 2.30. The van der Waals surface area contributed by atoms with Crippen molar-refractivity contribution in [2.75, 3.05) is 26.7 Å². The van der Waals surface area contributed by atoms with Gasteiger partial charge in [0.1, 0.15) is 0 Å². The zero-order chi connectivity index (χ0) is 9.97. The number of benzene rings is 1. The summed E-state index contributed by atoms with van der Waals surface area (Å²) in [5.41, 5.74) is 1.36. The fraction of sp³-hybridized carbons (Fsp3) is 0.500. The number of nitrogens with zero attached hydrogens (tertiary/aromatic N) is 1. The highest BCUT2D eigenvalue weighted by atomic mass is 16.3. The highest BCUT2D eigenvalue weighted by Crippen LogP contribution is 2.31. The number of rotatable bonds is 2. The molecule has 2 nitrogen and oxygen atoms in total. The average molecular weight is 191 g/mol. The predicted molar refractivity (Wildman–Crippen MR) is 57.3 cm³/mol. The molecule has 1 saturated heterocycles. The van der Waals surface area contributed by atoms with Gasteiger partial charge in [0.15, 0.2) is 0 Å². The summed E-state index contributed by atoms with van der Waals surface area (Å²) in [4.78, 5) is 2.29. The van der Waals surface area contributed by atoms with Crippen LogP contribution >= 0.6 is 0 Å². The third-order valence-electron chi connectivity index (χ3n) is 3.09. The first-order valence-corrected chi connectivity index (χ1v) is 5.15. The second-order valence-corrected chi connectivity index (χ2v) is 4.18. The Hall–Kier alpha value is -0.860. The van der Waals surface area contributed by atoms with Crippen LogP contribution in [0, 0.1) is 5.92 Å². The third-order valence-corrected chi connectivity index (χ3v) is 3.09. The third kappa shape index (κ3) is 1.81. The molecule has 1 aliphatic rings. The first-order valence-electron chi connectivity index (χ1n) is 5.15. The van der Waals surface area contributed by atoms with E-state index in [9.17, 15) is 5.11 Å². The lowest BCUT2D eigenvalue weighted by molar-refractivity contribution is 0.219. The summed E-state index contributed by atoms with van der Waals surface area (Å²) in [6.45, 7) is 2.37. The van der Waals surface area contributed by atoms with E-state index in [4.69, 9.17) is 0 Å². The van der Waals surface area contributed by atoms with Crippen molar-refractivity contribution in [1.29, 1.82) is 0 Å². The SMILES string of the molecule is CN1CC(CO)C(c2ccccc2)C1. The Morgan fingerprint density at radius 2 is 2.00 bits per heavy atom. The van der Waals surface area contributed by atoms with E-state index in [0.29, 0.717) is 18.4 Å². The monoisotopic (exact) mass is 191 g/mol. The second-order valence-electron chi connectivity index (χ2n) is 4.18. The number of aliphatic hydroxyl groups excluding tert-OH is 1. The van der Waals surface area contributed by atoms with Crippen LogP contribution in [0.2, 0.25) is 0 Å². The number of likely N-dealkylation sites (N-methyl/N-ethyl adjacent to an activating group) is 1. The molecule has 2 heteroatoms. The van der Waals surface area contributed by atoms with E-state index in [1.807, 2.05) is 6.07 Å². The molecular formula is C12H17NO. The van der Waals surface area contributed by atoms with Gasteiger partial charge in [0.25, 0.3) is 0 Å². The van der Waals surface area contributed by atoms with Crippen LogP contribution in [0.3, 0.4) is 0 Å². The minimum atomic E-state index is 0.296. The Morgan fingerprint density at radius 1 is 1.29 bits per heavy atom. The summed E-state index contributed by atoms with van der Waals surface area (Å²) >= 11 is 0. The van der Waals surface area contributed by atoms with E-state index in [1.54, 1.807) is 0 Å². The fourth-order valence-corrected chi connectivity index (χ4v) is 2.35. The van der Waals surface area contributed by atoms with Crippen molar-refractivity contribution >= 4 is 0 Å². The molecule has 14 heavy (non-hydrogen) atoms. The topological polar surface area (TPSA) is 23.5 Å². The van der Waals surface area contributed by atoms with Crippen LogP contribution in [0.25, 0.3) is 0 Å². The molecule has 1 heterocycles. The maximum atomic E-state index is 9.29. The molecule has 1 aromatic rings. The lowest BCUT2D eigenvalue weighted by atomic mass is 9.90. The van der Waals surface area contributed by atoms with Crippen molar-refractivity contribution in [3.05, 3.63) is 35.9 Å². The smallest absolute Gasteiger partial charge is 0.0477 e. The second kappa shape index (κ2) is 4.11. The summed E-state index contributed by atoms with van der Waals surface area (Å²) in [6.07, 6.45) is 0. The molecule has 1 N–H and O–H groups in total. The zero-order valence-electron chi connectivity index (χ0n) is 8.56. The first kappa shape index (κ1) is 9.69. The quantitative estimate of drug-likeness (QED) is 0.762. The predicted octanol–water partition coefficient (Wildman–Crippen LogP) is 1.32. The zero-order valence-corrected chi connectivity index (χ0v) is 8.56. The van der Waals surface area contributed by atoms with Gasteiger partial charge in [-0.1, -0.05) is 30.3 Å². The molecule has 0 bridgehead atoms. The van der Waals surface area contributed by atoms with Crippen LogP contribution < -0.4 is 0 Å². The maximum Gasteiger partial charge on any atom is 0.0477 e. The Kier molecular flexibility index (Phi) is 2.85. The van der Waals surface area contributed by atoms with Crippen LogP contribution in [-0.4, -0.2) is 36.8 Å². The van der Waals surface area contributed by atoms with Crippen LogP contribution in [0.1, 0.15) is 11.5 Å². The van der Waals surface area contributed by atoms with E-state index < -0.39 is 0 Å². The van der Waals surface area contributed by atoms with Gasteiger partial charge in [-0.2, -0.15) is 0 Å². The van der Waals surface area contributed by atoms with Gasteiger partial charge in [-0.3, -0.25) is 0 Å². The summed E-state index contributed by atoms with van der Waals surface area (Å²) in [5, 5.41) is 9.29. The largest absolute Gasteiger partial charge is 0.396 e. The molecular weight excluding hydrogens is 174 g/mol. The fourth-order valence-electron chi connectivity index (χ4n) is 2.35. The molecule has 2 unspecified atom stereocenters. The van der Waals surface area contributed by atoms with Gasteiger partial charge < -0.3 is 10.0 Å². The van der Waals surface area contributed by atoms with Crippen molar-refractivity contribution in [2.24, 2.45) is 5.92 Å². The minimum Gasteiger partial charge on any atom is -0.396 e. The number of hydrogen-bond donors (Lipinski definition) is 1. The van der Waals surface area contributed by atoms with Gasteiger partial charge in [-0.25, -0.2) is 0 Å². The van der Waals surface area contributed by atoms with E-state index in [1.165, 1.54) is 5.56 Å². The standard InChI is InChI=1S/C12H17NO/c1-13-7-11(9-14)12(8-13)10-5-3-2-4-6-10/h2-6,11-12,14H,7-9H2,1H3. The van der Waals surface area contributed by atoms with Crippen molar-refractivity contribution in [3.63, 3.8) is 0 Å². The van der Waals surface area contributed by atoms with Gasteiger partial charge in [-0.15, -0.1) is 0 Å². The van der Waals surface area contributed by atoms with Crippen molar-refractivity contribution in [1.82, 2.24) is 4.90 Å². The van der Waals surface area contributed by atoms with Gasteiger partial charge in [0.2, 0.25) is 0 Å². The molecule has 2 rings (SSSR count). The lowest BCUT2D eigenvalue weighted by Gasteiger charge is -2.15. The molecule has 0 aliphatic carbocycles. The molecule has 0 aromatic heterocycles. The molecule has 0 spiro atoms. The molecule has 0 saturated carbocycles. The maximum absolute atomic E-state index is 9.29. The van der Waals surface area contributed by atoms with Gasteiger partial charge in [0, 0.05) is 31.5 Å². The van der Waals surface area contributed by atoms with E-state index in [2.05, 4.69) is 36.2 Å². The molecule has 1 aromatic carbocycles. The van der Waals surface area contributed by atoms with Crippen LogP contribution in [0.4, 0.5) is 0 Å². The molecule has 0 radical (unpaired) electrons. The molecule has 1 aliphatic heterocycles. The molecule has 2 atom stereocenters. The Balaban J connectivity index is 2.18. The van der Waals surface area contributed by atoms with E-state index in [-0.39, 0.29) is 0 Å². The molecule has 1 fully saturated rings. The van der Waals surface area contributed by atoms with Gasteiger partial charge in [-0.05, 0) is 12.6 Å². The Labute approximate surface area is 85.2 Å². The Bertz CT molecular complexity index is 286. The normalized spacial score (nSPS) is 28.1. The van der Waals surface area contributed by atoms with Crippen LogP contribution in [-0.2, 0) is 0 Å². The first-order chi connectivity index (χ1) is 6.81. The molecule has 76 valence electrons. The van der Waals surface area contributed by atoms with E-state index in [0.717, 1.165) is 13.1 Å². The summed E-state index contributed by atoms with van der Waals surface area (Å²) in [6, 6.07) is 10.5. The van der Waals surface area contributed by atoms with Crippen LogP contribution in [0.5, 0.6) is 0 Å². The number of likely N-dealkylation sites (tertiary alicyclic amines) is 1. The van der Waals surface area contributed by atoms with Crippen molar-refractivity contribution < 1.29 is 5.11 Å². The summed E-state index contributed by atoms with van der Waals surface area (Å²) in [7, 11) is 2.12. The van der Waals surface area contributed by atoms with Crippen molar-refractivity contribution in [3.8, 4) is 0 Å². The highest BCUT2D eigenvalue weighted by molar-refractivity contribution is 5.22. The van der Waals surface area contributed by atoms with E-state index >= 15 is 0 Å². The molecule has 0 amide bonds. The number of aliphatic hydroxyl groups is 1. The van der Waals surface area contributed by atoms with Gasteiger partial charge in [0.05, 0.1) is 0 Å². The van der Waals surface area contributed by atoms with Gasteiger partial charge >= 0.3 is 0 Å². The lowest BCUT2D eigenvalue weighted by Crippen LogP contribution is -2.15. The number of hydrogen-bond acceptors (Lipinski definition) is 2. The minimum absolute atomic E-state index is 0.296. The summed E-state index contributed by atoms with van der Waals surface area (Å²) in [5.74, 6) is 0.911. The van der Waals surface area contributed by atoms with Crippen molar-refractivity contribution in [2.45, 2.75) is 5.92 Å². The summed E-state index contributed by atoms with van der Waals surface area (Å²) < 4.78 is 0.